The lowest BCUT2D eigenvalue weighted by molar-refractivity contribution is 0.548. The fourth-order valence-electron chi connectivity index (χ4n) is 2.38. The van der Waals surface area contributed by atoms with Crippen LogP contribution < -0.4 is 0 Å². The van der Waals surface area contributed by atoms with E-state index in [-0.39, 0.29) is 0 Å². The molecular formula is C13H18S. The number of rotatable bonds is 3. The molecule has 14 heavy (non-hydrogen) atoms. The monoisotopic (exact) mass is 206 g/mol. The van der Waals surface area contributed by atoms with Crippen LogP contribution in [0.5, 0.6) is 0 Å². The van der Waals surface area contributed by atoms with Crippen molar-refractivity contribution in [1.82, 2.24) is 0 Å². The zero-order valence-corrected chi connectivity index (χ0v) is 9.59. The molecule has 0 aromatic heterocycles. The number of thioether (sulfide) groups is 1. The van der Waals surface area contributed by atoms with Crippen LogP contribution in [0.15, 0.2) is 30.3 Å². The minimum Gasteiger partial charge on any atom is -0.162 e. The van der Waals surface area contributed by atoms with E-state index in [1.54, 1.807) is 0 Å². The molecule has 2 unspecified atom stereocenters. The van der Waals surface area contributed by atoms with Crippen LogP contribution in [0.1, 0.15) is 24.8 Å². The Morgan fingerprint density at radius 3 is 2.64 bits per heavy atom. The number of hydrogen-bond donors (Lipinski definition) is 0. The summed E-state index contributed by atoms with van der Waals surface area (Å²) in [6.07, 6.45) is 7.82. The summed E-state index contributed by atoms with van der Waals surface area (Å²) in [4.78, 5) is 0. The van der Waals surface area contributed by atoms with Gasteiger partial charge in [0.1, 0.15) is 0 Å². The lowest BCUT2D eigenvalue weighted by atomic mass is 9.98. The van der Waals surface area contributed by atoms with Crippen molar-refractivity contribution in [1.29, 1.82) is 0 Å². The second-order valence-electron chi connectivity index (χ2n) is 4.23. The Balaban J connectivity index is 1.88. The molecule has 0 radical (unpaired) electrons. The maximum atomic E-state index is 2.26. The first-order valence-corrected chi connectivity index (χ1v) is 6.74. The highest BCUT2D eigenvalue weighted by molar-refractivity contribution is 7.99. The summed E-state index contributed by atoms with van der Waals surface area (Å²) >= 11 is 2.05. The molecule has 0 nitrogen and oxygen atoms in total. The van der Waals surface area contributed by atoms with E-state index in [9.17, 15) is 0 Å². The van der Waals surface area contributed by atoms with E-state index in [4.69, 9.17) is 0 Å². The average molecular weight is 206 g/mol. The largest absolute Gasteiger partial charge is 0.162 e. The standard InChI is InChI=1S/C13H18S/c1-14-13-8-7-12(10-13)9-11-5-3-2-4-6-11/h2-6,12-13H,7-10H2,1H3. The molecule has 1 saturated carbocycles. The minimum absolute atomic E-state index is 0.934. The Bertz CT molecular complexity index is 268. The van der Waals surface area contributed by atoms with Crippen molar-refractivity contribution in [2.75, 3.05) is 6.26 Å². The van der Waals surface area contributed by atoms with Gasteiger partial charge in [0.05, 0.1) is 0 Å². The summed E-state index contributed by atoms with van der Waals surface area (Å²) in [6, 6.07) is 10.9. The van der Waals surface area contributed by atoms with Gasteiger partial charge in [-0.2, -0.15) is 11.8 Å². The van der Waals surface area contributed by atoms with Crippen molar-refractivity contribution in [2.24, 2.45) is 5.92 Å². The predicted molar refractivity (Wildman–Crippen MR) is 64.8 cm³/mol. The summed E-state index contributed by atoms with van der Waals surface area (Å²) in [5.74, 6) is 0.940. The fourth-order valence-corrected chi connectivity index (χ4v) is 3.21. The Labute approximate surface area is 91.1 Å². The first-order valence-electron chi connectivity index (χ1n) is 5.45. The van der Waals surface area contributed by atoms with Gasteiger partial charge < -0.3 is 0 Å². The second-order valence-corrected chi connectivity index (χ2v) is 5.36. The van der Waals surface area contributed by atoms with E-state index < -0.39 is 0 Å². The van der Waals surface area contributed by atoms with Gasteiger partial charge in [-0.1, -0.05) is 30.3 Å². The molecule has 1 fully saturated rings. The van der Waals surface area contributed by atoms with E-state index in [1.807, 2.05) is 11.8 Å². The smallest absolute Gasteiger partial charge is 0.00471 e. The van der Waals surface area contributed by atoms with Crippen molar-refractivity contribution < 1.29 is 0 Å². The van der Waals surface area contributed by atoms with Crippen LogP contribution in [0.2, 0.25) is 0 Å². The molecule has 76 valence electrons. The van der Waals surface area contributed by atoms with Gasteiger partial charge in [0, 0.05) is 5.25 Å². The van der Waals surface area contributed by atoms with Crippen molar-refractivity contribution in [3.8, 4) is 0 Å². The summed E-state index contributed by atoms with van der Waals surface area (Å²) in [6.45, 7) is 0. The molecule has 1 heteroatoms. The molecule has 0 heterocycles. The van der Waals surface area contributed by atoms with E-state index in [0.717, 1.165) is 11.2 Å². The molecule has 0 amide bonds. The maximum absolute atomic E-state index is 2.26. The van der Waals surface area contributed by atoms with Crippen LogP contribution in [0.3, 0.4) is 0 Å². The number of benzene rings is 1. The van der Waals surface area contributed by atoms with Gasteiger partial charge in [0.25, 0.3) is 0 Å². The van der Waals surface area contributed by atoms with Crippen LogP contribution in [0.4, 0.5) is 0 Å². The van der Waals surface area contributed by atoms with E-state index in [2.05, 4.69) is 36.6 Å². The van der Waals surface area contributed by atoms with E-state index in [0.29, 0.717) is 0 Å². The predicted octanol–water partition coefficient (Wildman–Crippen LogP) is 3.76. The Morgan fingerprint density at radius 2 is 2.00 bits per heavy atom. The molecular weight excluding hydrogens is 188 g/mol. The third kappa shape index (κ3) is 2.54. The Kier molecular flexibility index (Phi) is 3.52. The SMILES string of the molecule is CSC1CCC(Cc2ccccc2)C1. The lowest BCUT2D eigenvalue weighted by Gasteiger charge is -2.09. The average Bonchev–Trinajstić information content (AvgIpc) is 2.67. The fraction of sp³-hybridized carbons (Fsp3) is 0.538. The molecule has 0 bridgehead atoms. The molecule has 0 saturated heterocycles. The zero-order valence-electron chi connectivity index (χ0n) is 8.78. The molecule has 0 spiro atoms. The zero-order chi connectivity index (χ0) is 9.80. The third-order valence-electron chi connectivity index (χ3n) is 3.19. The molecule has 2 atom stereocenters. The van der Waals surface area contributed by atoms with Crippen LogP contribution in [0, 0.1) is 5.92 Å². The highest BCUT2D eigenvalue weighted by Gasteiger charge is 2.23. The van der Waals surface area contributed by atoms with Crippen LogP contribution in [-0.2, 0) is 6.42 Å². The van der Waals surface area contributed by atoms with E-state index in [1.165, 1.54) is 31.2 Å². The highest BCUT2D eigenvalue weighted by Crippen LogP contribution is 2.34. The van der Waals surface area contributed by atoms with Gasteiger partial charge in [-0.05, 0) is 43.4 Å². The summed E-state index contributed by atoms with van der Waals surface area (Å²) < 4.78 is 0. The molecule has 0 N–H and O–H groups in total. The highest BCUT2D eigenvalue weighted by atomic mass is 32.2. The minimum atomic E-state index is 0.934. The third-order valence-corrected chi connectivity index (χ3v) is 4.29. The van der Waals surface area contributed by atoms with Crippen molar-refractivity contribution >= 4 is 11.8 Å². The molecule has 1 aliphatic carbocycles. The van der Waals surface area contributed by atoms with Crippen LogP contribution >= 0.6 is 11.8 Å². The Hall–Kier alpha value is -0.430. The van der Waals surface area contributed by atoms with Gasteiger partial charge in [0.15, 0.2) is 0 Å². The molecule has 2 rings (SSSR count). The molecule has 0 aliphatic heterocycles. The first kappa shape index (κ1) is 10.1. The van der Waals surface area contributed by atoms with Crippen molar-refractivity contribution in [3.63, 3.8) is 0 Å². The van der Waals surface area contributed by atoms with Crippen LogP contribution in [0.25, 0.3) is 0 Å². The normalized spacial score (nSPS) is 26.6. The van der Waals surface area contributed by atoms with Gasteiger partial charge in [-0.15, -0.1) is 0 Å². The van der Waals surface area contributed by atoms with Gasteiger partial charge in [-0.25, -0.2) is 0 Å². The quantitative estimate of drug-likeness (QED) is 0.725. The topological polar surface area (TPSA) is 0 Å². The number of hydrogen-bond acceptors (Lipinski definition) is 1. The molecule has 1 aromatic carbocycles. The van der Waals surface area contributed by atoms with Gasteiger partial charge >= 0.3 is 0 Å². The maximum Gasteiger partial charge on any atom is 0.00471 e. The Morgan fingerprint density at radius 1 is 1.21 bits per heavy atom. The van der Waals surface area contributed by atoms with Crippen molar-refractivity contribution in [3.05, 3.63) is 35.9 Å². The summed E-state index contributed by atoms with van der Waals surface area (Å²) in [5, 5.41) is 0.934. The first-order chi connectivity index (χ1) is 6.88. The summed E-state index contributed by atoms with van der Waals surface area (Å²) in [5.41, 5.74) is 1.51. The molecule has 1 aliphatic rings. The van der Waals surface area contributed by atoms with E-state index >= 15 is 0 Å². The van der Waals surface area contributed by atoms with Crippen molar-refractivity contribution in [2.45, 2.75) is 30.9 Å². The molecule has 1 aromatic rings. The summed E-state index contributed by atoms with van der Waals surface area (Å²) in [7, 11) is 0. The van der Waals surface area contributed by atoms with Crippen LogP contribution in [-0.4, -0.2) is 11.5 Å². The van der Waals surface area contributed by atoms with Gasteiger partial charge in [0.2, 0.25) is 0 Å². The van der Waals surface area contributed by atoms with Gasteiger partial charge in [-0.3, -0.25) is 0 Å². The second kappa shape index (κ2) is 4.88. The lowest BCUT2D eigenvalue weighted by Crippen LogP contribution is -2.01.